The number of hydrogen-bond acceptors (Lipinski definition) is 4. The lowest BCUT2D eigenvalue weighted by Crippen LogP contribution is -2.35. The van der Waals surface area contributed by atoms with Crippen molar-refractivity contribution in [2.45, 2.75) is 37.2 Å². The van der Waals surface area contributed by atoms with Crippen LogP contribution in [0.4, 0.5) is 0 Å². The smallest absolute Gasteiger partial charge is 0.276 e. The second-order valence-corrected chi connectivity index (χ2v) is 7.89. The Kier molecular flexibility index (Phi) is 5.20. The number of nitrogens with one attached hydrogen (secondary N) is 1. The van der Waals surface area contributed by atoms with Gasteiger partial charge in [-0.25, -0.2) is 8.42 Å². The van der Waals surface area contributed by atoms with Crippen molar-refractivity contribution in [2.75, 3.05) is 19.6 Å². The fourth-order valence-corrected chi connectivity index (χ4v) is 4.35. The number of furan rings is 1. The van der Waals surface area contributed by atoms with Gasteiger partial charge in [0.1, 0.15) is 5.58 Å². The van der Waals surface area contributed by atoms with Gasteiger partial charge in [-0.15, -0.1) is 0 Å². The molecular formula is C17H22N2O4S. The van der Waals surface area contributed by atoms with E-state index in [0.717, 1.165) is 44.0 Å². The summed E-state index contributed by atoms with van der Waals surface area (Å²) in [6.45, 7) is 2.08. The topological polar surface area (TPSA) is 79.6 Å². The van der Waals surface area contributed by atoms with E-state index in [-0.39, 0.29) is 11.0 Å². The monoisotopic (exact) mass is 350 g/mol. The molecule has 2 aliphatic heterocycles. The highest BCUT2D eigenvalue weighted by molar-refractivity contribution is 7.89. The van der Waals surface area contributed by atoms with Crippen LogP contribution in [-0.2, 0) is 14.8 Å². The standard InChI is InChI=1S/C13H15NO3S.C4H7NO/c15-18(16,14-8-4-1-5-9-14)13-10-11-6-2-3-7-12(11)17-13;6-4-2-1-3-5-4/h2-3,6-7,10H,1,4-5,8-9H2;1-3H2,(H,5,6). The van der Waals surface area contributed by atoms with Gasteiger partial charge in [-0.2, -0.15) is 4.31 Å². The van der Waals surface area contributed by atoms with E-state index in [1.807, 2.05) is 18.2 Å². The Bertz CT molecular complexity index is 766. The van der Waals surface area contributed by atoms with Crippen molar-refractivity contribution < 1.29 is 17.6 Å². The average molecular weight is 350 g/mol. The van der Waals surface area contributed by atoms with Gasteiger partial charge in [0.25, 0.3) is 10.0 Å². The summed E-state index contributed by atoms with van der Waals surface area (Å²) < 4.78 is 31.8. The summed E-state index contributed by atoms with van der Waals surface area (Å²) in [6, 6.07) is 8.95. The minimum Gasteiger partial charge on any atom is -0.443 e. The van der Waals surface area contributed by atoms with E-state index >= 15 is 0 Å². The highest BCUT2D eigenvalue weighted by Crippen LogP contribution is 2.26. The van der Waals surface area contributed by atoms with Gasteiger partial charge < -0.3 is 9.73 Å². The van der Waals surface area contributed by atoms with Gasteiger partial charge >= 0.3 is 0 Å². The van der Waals surface area contributed by atoms with Gasteiger partial charge in [-0.1, -0.05) is 24.6 Å². The molecule has 1 aromatic carbocycles. The third kappa shape index (κ3) is 3.79. The van der Waals surface area contributed by atoms with Crippen molar-refractivity contribution in [3.8, 4) is 0 Å². The molecule has 0 bridgehead atoms. The number of nitrogens with zero attached hydrogens (tertiary/aromatic N) is 1. The summed E-state index contributed by atoms with van der Waals surface area (Å²) in [4.78, 5) is 10.1. The first-order chi connectivity index (χ1) is 11.6. The van der Waals surface area contributed by atoms with Crippen molar-refractivity contribution in [3.63, 3.8) is 0 Å². The lowest BCUT2D eigenvalue weighted by Gasteiger charge is -2.24. The van der Waals surface area contributed by atoms with Crippen LogP contribution in [-0.4, -0.2) is 38.3 Å². The molecule has 2 aliphatic rings. The minimum atomic E-state index is -3.46. The lowest BCUT2D eigenvalue weighted by molar-refractivity contribution is -0.119. The molecule has 0 aliphatic carbocycles. The Balaban J connectivity index is 0.000000238. The molecule has 7 heteroatoms. The molecule has 0 radical (unpaired) electrons. The summed E-state index contributed by atoms with van der Waals surface area (Å²) in [5.74, 6) is 0.204. The van der Waals surface area contributed by atoms with Crippen LogP contribution in [0, 0.1) is 0 Å². The minimum absolute atomic E-state index is 0.0607. The number of carbonyl (C=O) groups is 1. The maximum absolute atomic E-state index is 12.4. The van der Waals surface area contributed by atoms with Crippen LogP contribution in [0.2, 0.25) is 0 Å². The number of para-hydroxylation sites is 1. The molecule has 0 spiro atoms. The van der Waals surface area contributed by atoms with Gasteiger partial charge in [0.05, 0.1) is 0 Å². The van der Waals surface area contributed by atoms with Crippen LogP contribution in [0.5, 0.6) is 0 Å². The van der Waals surface area contributed by atoms with Crippen LogP contribution in [0.15, 0.2) is 39.8 Å². The molecule has 2 aromatic rings. The molecule has 1 aromatic heterocycles. The fraction of sp³-hybridized carbons (Fsp3) is 0.471. The molecule has 0 saturated carbocycles. The number of fused-ring (bicyclic) bond motifs is 1. The molecule has 2 fully saturated rings. The van der Waals surface area contributed by atoms with E-state index in [1.54, 1.807) is 12.1 Å². The van der Waals surface area contributed by atoms with Crippen LogP contribution in [0.25, 0.3) is 11.0 Å². The fourth-order valence-electron chi connectivity index (χ4n) is 2.88. The molecule has 1 N–H and O–H groups in total. The van der Waals surface area contributed by atoms with Crippen molar-refractivity contribution in [2.24, 2.45) is 0 Å². The maximum Gasteiger partial charge on any atom is 0.276 e. The van der Waals surface area contributed by atoms with Crippen molar-refractivity contribution in [1.82, 2.24) is 9.62 Å². The molecule has 0 atom stereocenters. The van der Waals surface area contributed by atoms with Crippen LogP contribution < -0.4 is 5.32 Å². The molecule has 2 saturated heterocycles. The number of carbonyl (C=O) groups excluding carboxylic acids is 1. The summed E-state index contributed by atoms with van der Waals surface area (Å²) in [5.41, 5.74) is 0.619. The van der Waals surface area contributed by atoms with Gasteiger partial charge in [-0.3, -0.25) is 4.79 Å². The Morgan fingerprint density at radius 1 is 1.04 bits per heavy atom. The SMILES string of the molecule is O=C1CCCN1.O=S(=O)(c1cc2ccccc2o1)N1CCCCC1. The third-order valence-electron chi connectivity index (χ3n) is 4.21. The molecule has 6 nitrogen and oxygen atoms in total. The van der Waals surface area contributed by atoms with Gasteiger partial charge in [-0.05, 0) is 25.3 Å². The van der Waals surface area contributed by atoms with E-state index < -0.39 is 10.0 Å². The van der Waals surface area contributed by atoms with Gasteiger partial charge in [0.15, 0.2) is 0 Å². The first-order valence-corrected chi connectivity index (χ1v) is 9.77. The highest BCUT2D eigenvalue weighted by atomic mass is 32.2. The van der Waals surface area contributed by atoms with Gasteiger partial charge in [0.2, 0.25) is 11.0 Å². The quantitative estimate of drug-likeness (QED) is 0.902. The zero-order valence-electron chi connectivity index (χ0n) is 13.5. The third-order valence-corrected chi connectivity index (χ3v) is 5.97. The van der Waals surface area contributed by atoms with Gasteiger partial charge in [0, 0.05) is 37.5 Å². The number of piperidine rings is 1. The van der Waals surface area contributed by atoms with E-state index in [2.05, 4.69) is 5.32 Å². The zero-order chi connectivity index (χ0) is 17.0. The number of hydrogen-bond donors (Lipinski definition) is 1. The summed E-state index contributed by atoms with van der Waals surface area (Å²) >= 11 is 0. The zero-order valence-corrected chi connectivity index (χ0v) is 14.3. The number of rotatable bonds is 2. The number of sulfonamides is 1. The highest BCUT2D eigenvalue weighted by Gasteiger charge is 2.29. The van der Waals surface area contributed by atoms with Crippen molar-refractivity contribution >= 4 is 26.9 Å². The number of benzene rings is 1. The largest absolute Gasteiger partial charge is 0.443 e. The molecule has 0 unspecified atom stereocenters. The van der Waals surface area contributed by atoms with Crippen molar-refractivity contribution in [1.29, 1.82) is 0 Å². The second-order valence-electron chi connectivity index (χ2n) is 6.02. The summed E-state index contributed by atoms with van der Waals surface area (Å²) in [6.07, 6.45) is 4.73. The van der Waals surface area contributed by atoms with Crippen LogP contribution in [0.3, 0.4) is 0 Å². The lowest BCUT2D eigenvalue weighted by atomic mass is 10.2. The van der Waals surface area contributed by atoms with Crippen LogP contribution >= 0.6 is 0 Å². The van der Waals surface area contributed by atoms with E-state index in [1.165, 1.54) is 4.31 Å². The van der Waals surface area contributed by atoms with E-state index in [4.69, 9.17) is 4.42 Å². The maximum atomic E-state index is 12.4. The Morgan fingerprint density at radius 3 is 2.38 bits per heavy atom. The molecule has 4 rings (SSSR count). The Hall–Kier alpha value is -1.86. The molecule has 130 valence electrons. The predicted molar refractivity (Wildman–Crippen MR) is 91.1 cm³/mol. The Morgan fingerprint density at radius 2 is 1.79 bits per heavy atom. The first-order valence-electron chi connectivity index (χ1n) is 8.33. The van der Waals surface area contributed by atoms with Crippen molar-refractivity contribution in [3.05, 3.63) is 30.3 Å². The second kappa shape index (κ2) is 7.36. The summed E-state index contributed by atoms with van der Waals surface area (Å²) in [7, 11) is -3.46. The van der Waals surface area contributed by atoms with E-state index in [9.17, 15) is 13.2 Å². The predicted octanol–water partition coefficient (Wildman–Crippen LogP) is 2.50. The molecule has 24 heavy (non-hydrogen) atoms. The molecule has 3 heterocycles. The van der Waals surface area contributed by atoms with E-state index in [0.29, 0.717) is 18.7 Å². The summed E-state index contributed by atoms with van der Waals surface area (Å²) in [5, 5.41) is 3.57. The Labute approximate surface area is 141 Å². The average Bonchev–Trinajstić information content (AvgIpc) is 3.25. The van der Waals surface area contributed by atoms with Crippen LogP contribution in [0.1, 0.15) is 32.1 Å². The molecule has 1 amide bonds. The molecular weight excluding hydrogens is 328 g/mol. The first kappa shape index (κ1) is 17.0. The number of amides is 1. The normalized spacial score (nSPS) is 18.9.